The lowest BCUT2D eigenvalue weighted by Crippen LogP contribution is -2.15. The predicted molar refractivity (Wildman–Crippen MR) is 113 cm³/mol. The minimum Gasteiger partial charge on any atom is -0.298 e. The standard InChI is InChI=1S/C20H13ClN4O3S/c21-10-4-6-15-13(8-10)18(12-2-1-3-14(12)22-15)19(26)24-20-23-16-7-5-11(25(27)28)9-17(16)29-20/h4-9H,1-3H2,(H,23,24,26). The number of nitrogens with one attached hydrogen (secondary N) is 1. The highest BCUT2D eigenvalue weighted by molar-refractivity contribution is 7.22. The van der Waals surface area contributed by atoms with Crippen molar-refractivity contribution < 1.29 is 9.72 Å². The maximum Gasteiger partial charge on any atom is 0.270 e. The van der Waals surface area contributed by atoms with Gasteiger partial charge in [-0.05, 0) is 49.1 Å². The lowest BCUT2D eigenvalue weighted by atomic mass is 10.0. The number of carbonyl (C=O) groups is 1. The number of aryl methyl sites for hydroxylation is 1. The van der Waals surface area contributed by atoms with E-state index in [1.807, 2.05) is 6.07 Å². The van der Waals surface area contributed by atoms with E-state index >= 15 is 0 Å². The number of fused-ring (bicyclic) bond motifs is 3. The molecule has 0 bridgehead atoms. The molecule has 0 saturated heterocycles. The SMILES string of the molecule is O=C(Nc1nc2ccc([N+](=O)[O-])cc2s1)c1c2c(nc3ccc(Cl)cc13)CCC2. The number of hydrogen-bond acceptors (Lipinski definition) is 6. The molecule has 2 aromatic carbocycles. The number of rotatable bonds is 3. The Morgan fingerprint density at radius 2 is 1.97 bits per heavy atom. The minimum absolute atomic E-state index is 0.00776. The normalized spacial score (nSPS) is 13.0. The molecule has 9 heteroatoms. The van der Waals surface area contributed by atoms with Crippen LogP contribution in [0.15, 0.2) is 36.4 Å². The second kappa shape index (κ2) is 6.75. The second-order valence-electron chi connectivity index (χ2n) is 6.81. The predicted octanol–water partition coefficient (Wildman–Crippen LogP) is 5.15. The van der Waals surface area contributed by atoms with Crippen molar-refractivity contribution in [2.75, 3.05) is 5.32 Å². The van der Waals surface area contributed by atoms with E-state index in [1.165, 1.54) is 23.5 Å². The Bertz CT molecular complexity index is 1330. The molecule has 1 aliphatic rings. The van der Waals surface area contributed by atoms with Crippen molar-refractivity contribution in [3.05, 3.63) is 68.4 Å². The van der Waals surface area contributed by atoms with Gasteiger partial charge in [-0.1, -0.05) is 22.9 Å². The third-order valence-electron chi connectivity index (χ3n) is 5.00. The Morgan fingerprint density at radius 1 is 1.14 bits per heavy atom. The van der Waals surface area contributed by atoms with Crippen LogP contribution in [0.5, 0.6) is 0 Å². The molecule has 0 aliphatic heterocycles. The molecule has 5 rings (SSSR count). The number of pyridine rings is 1. The summed E-state index contributed by atoms with van der Waals surface area (Å²) in [6.45, 7) is 0. The van der Waals surface area contributed by atoms with Gasteiger partial charge in [-0.25, -0.2) is 4.98 Å². The molecule has 1 N–H and O–H groups in total. The molecule has 0 unspecified atom stereocenters. The van der Waals surface area contributed by atoms with Gasteiger partial charge in [-0.3, -0.25) is 25.2 Å². The molecule has 1 aliphatic carbocycles. The molecule has 7 nitrogen and oxygen atoms in total. The molecule has 29 heavy (non-hydrogen) atoms. The van der Waals surface area contributed by atoms with E-state index in [4.69, 9.17) is 16.6 Å². The van der Waals surface area contributed by atoms with Crippen molar-refractivity contribution in [3.63, 3.8) is 0 Å². The summed E-state index contributed by atoms with van der Waals surface area (Å²) in [7, 11) is 0. The Balaban J connectivity index is 1.58. The first-order valence-electron chi connectivity index (χ1n) is 8.97. The van der Waals surface area contributed by atoms with E-state index in [-0.39, 0.29) is 11.6 Å². The van der Waals surface area contributed by atoms with E-state index < -0.39 is 4.92 Å². The fourth-order valence-corrected chi connectivity index (χ4v) is 4.80. The van der Waals surface area contributed by atoms with Gasteiger partial charge in [0.2, 0.25) is 0 Å². The van der Waals surface area contributed by atoms with E-state index in [9.17, 15) is 14.9 Å². The number of hydrogen-bond donors (Lipinski definition) is 1. The topological polar surface area (TPSA) is 98.0 Å². The van der Waals surface area contributed by atoms with Gasteiger partial charge in [0.25, 0.3) is 11.6 Å². The average Bonchev–Trinajstić information content (AvgIpc) is 3.30. The zero-order valence-electron chi connectivity index (χ0n) is 14.9. The van der Waals surface area contributed by atoms with Gasteiger partial charge in [-0.15, -0.1) is 0 Å². The van der Waals surface area contributed by atoms with Crippen LogP contribution in [0.2, 0.25) is 5.02 Å². The first kappa shape index (κ1) is 18.0. The van der Waals surface area contributed by atoms with Crippen LogP contribution >= 0.6 is 22.9 Å². The fourth-order valence-electron chi connectivity index (χ4n) is 3.73. The number of amides is 1. The summed E-state index contributed by atoms with van der Waals surface area (Å²) < 4.78 is 0.641. The molecular formula is C20H13ClN4O3S. The average molecular weight is 425 g/mol. The molecule has 0 fully saturated rings. The van der Waals surface area contributed by atoms with Crippen LogP contribution in [-0.2, 0) is 12.8 Å². The van der Waals surface area contributed by atoms with Gasteiger partial charge in [0.15, 0.2) is 5.13 Å². The number of nitro groups is 1. The van der Waals surface area contributed by atoms with Gasteiger partial charge in [0, 0.05) is 28.2 Å². The minimum atomic E-state index is -0.451. The highest BCUT2D eigenvalue weighted by atomic mass is 35.5. The molecule has 2 heterocycles. The van der Waals surface area contributed by atoms with E-state index in [1.54, 1.807) is 18.2 Å². The summed E-state index contributed by atoms with van der Waals surface area (Å²) in [5, 5.41) is 15.5. The summed E-state index contributed by atoms with van der Waals surface area (Å²) in [6.07, 6.45) is 2.59. The molecule has 0 spiro atoms. The number of benzene rings is 2. The number of carbonyl (C=O) groups excluding carboxylic acids is 1. The summed E-state index contributed by atoms with van der Waals surface area (Å²) in [5.41, 5.74) is 3.81. The highest BCUT2D eigenvalue weighted by Crippen LogP contribution is 2.33. The third-order valence-corrected chi connectivity index (χ3v) is 6.17. The number of anilines is 1. The molecular weight excluding hydrogens is 412 g/mol. The fraction of sp³-hybridized carbons (Fsp3) is 0.150. The Kier molecular flexibility index (Phi) is 4.18. The first-order valence-corrected chi connectivity index (χ1v) is 10.2. The molecule has 0 radical (unpaired) electrons. The quantitative estimate of drug-likeness (QED) is 0.362. The summed E-state index contributed by atoms with van der Waals surface area (Å²) >= 11 is 7.38. The van der Waals surface area contributed by atoms with E-state index in [0.717, 1.165) is 36.0 Å². The highest BCUT2D eigenvalue weighted by Gasteiger charge is 2.25. The zero-order valence-corrected chi connectivity index (χ0v) is 16.5. The maximum absolute atomic E-state index is 13.2. The number of nitro benzene ring substituents is 1. The van der Waals surface area contributed by atoms with Crippen molar-refractivity contribution in [2.45, 2.75) is 19.3 Å². The monoisotopic (exact) mass is 424 g/mol. The van der Waals surface area contributed by atoms with Crippen molar-refractivity contribution >= 4 is 60.8 Å². The number of thiazole rings is 1. The Labute approximate surface area is 173 Å². The Morgan fingerprint density at radius 3 is 2.79 bits per heavy atom. The van der Waals surface area contributed by atoms with E-state index in [2.05, 4.69) is 10.3 Å². The van der Waals surface area contributed by atoms with Crippen LogP contribution in [0.3, 0.4) is 0 Å². The molecule has 0 saturated carbocycles. The van der Waals surface area contributed by atoms with Crippen molar-refractivity contribution in [2.24, 2.45) is 0 Å². The van der Waals surface area contributed by atoms with Gasteiger partial charge >= 0.3 is 0 Å². The summed E-state index contributed by atoms with van der Waals surface area (Å²) in [6, 6.07) is 9.79. The smallest absolute Gasteiger partial charge is 0.270 e. The third kappa shape index (κ3) is 3.10. The molecule has 4 aromatic rings. The molecule has 2 aromatic heterocycles. The van der Waals surface area contributed by atoms with Crippen molar-refractivity contribution in [1.29, 1.82) is 0 Å². The Hall–Kier alpha value is -3.10. The van der Waals surface area contributed by atoms with Crippen LogP contribution < -0.4 is 5.32 Å². The largest absolute Gasteiger partial charge is 0.298 e. The second-order valence-corrected chi connectivity index (χ2v) is 8.28. The molecule has 0 atom stereocenters. The lowest BCUT2D eigenvalue weighted by molar-refractivity contribution is -0.384. The van der Waals surface area contributed by atoms with E-state index in [0.29, 0.717) is 31.3 Å². The van der Waals surface area contributed by atoms with Gasteiger partial charge < -0.3 is 0 Å². The van der Waals surface area contributed by atoms with Gasteiger partial charge in [0.05, 0.1) is 26.2 Å². The van der Waals surface area contributed by atoms with Crippen molar-refractivity contribution in [3.8, 4) is 0 Å². The number of halogens is 1. The maximum atomic E-state index is 13.2. The number of nitrogens with zero attached hydrogens (tertiary/aromatic N) is 3. The molecule has 1 amide bonds. The number of non-ortho nitro benzene ring substituents is 1. The van der Waals surface area contributed by atoms with Gasteiger partial charge in [-0.2, -0.15) is 0 Å². The van der Waals surface area contributed by atoms with Gasteiger partial charge in [0.1, 0.15) is 0 Å². The molecule has 144 valence electrons. The van der Waals surface area contributed by atoms with Crippen LogP contribution in [0.1, 0.15) is 28.0 Å². The zero-order chi connectivity index (χ0) is 20.1. The summed E-state index contributed by atoms with van der Waals surface area (Å²) in [5.74, 6) is -0.272. The first-order chi connectivity index (χ1) is 14.0. The lowest BCUT2D eigenvalue weighted by Gasteiger charge is -2.12. The van der Waals surface area contributed by atoms with Crippen molar-refractivity contribution in [1.82, 2.24) is 9.97 Å². The number of aromatic nitrogens is 2. The van der Waals surface area contributed by atoms with Crippen LogP contribution in [0.25, 0.3) is 21.1 Å². The van der Waals surface area contributed by atoms with Crippen LogP contribution in [-0.4, -0.2) is 20.8 Å². The summed E-state index contributed by atoms with van der Waals surface area (Å²) in [4.78, 5) is 32.8. The van der Waals surface area contributed by atoms with Crippen LogP contribution in [0, 0.1) is 10.1 Å². The van der Waals surface area contributed by atoms with Crippen LogP contribution in [0.4, 0.5) is 10.8 Å².